The van der Waals surface area contributed by atoms with Crippen LogP contribution in [-0.4, -0.2) is 77.6 Å². The summed E-state index contributed by atoms with van der Waals surface area (Å²) >= 11 is 0. The highest BCUT2D eigenvalue weighted by Crippen LogP contribution is 2.16. The topological polar surface area (TPSA) is 140 Å². The number of nitrogens with zero attached hydrogens (tertiary/aromatic N) is 2. The molecule has 0 aromatic heterocycles. The van der Waals surface area contributed by atoms with Crippen molar-refractivity contribution < 1.29 is 28.8 Å². The molecule has 0 spiro atoms. The monoisotopic (exact) mass is 478 g/mol. The van der Waals surface area contributed by atoms with Gasteiger partial charge in [0.15, 0.2) is 0 Å². The molecule has 1 aliphatic heterocycles. The molecule has 3 atom stereocenters. The van der Waals surface area contributed by atoms with Gasteiger partial charge in [-0.1, -0.05) is 12.1 Å². The van der Waals surface area contributed by atoms with Gasteiger partial charge in [0.1, 0.15) is 12.1 Å². The smallest absolute Gasteiger partial charge is 0.269 e. The first-order valence-electron chi connectivity index (χ1n) is 11.2. The summed E-state index contributed by atoms with van der Waals surface area (Å²) < 4.78 is 11.3. The van der Waals surface area contributed by atoms with Crippen LogP contribution in [0.15, 0.2) is 24.3 Å². The van der Waals surface area contributed by atoms with Crippen LogP contribution >= 0.6 is 0 Å². The van der Waals surface area contributed by atoms with E-state index in [-0.39, 0.29) is 18.0 Å². The van der Waals surface area contributed by atoms with Crippen LogP contribution in [0.3, 0.4) is 0 Å². The fourth-order valence-corrected chi connectivity index (χ4v) is 3.59. The molecule has 11 heteroatoms. The number of carbonyl (C=O) groups is 3. The van der Waals surface area contributed by atoms with Gasteiger partial charge in [-0.05, 0) is 40.2 Å². The van der Waals surface area contributed by atoms with Crippen molar-refractivity contribution >= 4 is 23.4 Å². The summed E-state index contributed by atoms with van der Waals surface area (Å²) in [5.74, 6) is -1.29. The average molecular weight is 479 g/mol. The Labute approximate surface area is 199 Å². The Kier molecular flexibility index (Phi) is 9.51. The molecule has 1 aromatic carbocycles. The van der Waals surface area contributed by atoms with Gasteiger partial charge in [0.2, 0.25) is 17.7 Å². The SMILES string of the molecule is CC(OC(C)(C)C)[C@H](NC(=O)[C@H](C)NC(=O)Cc1cccc([N+](=O)[O-])c1)C(=O)N1CCOCC1. The first-order chi connectivity index (χ1) is 15.9. The molecule has 1 heterocycles. The Morgan fingerprint density at radius 3 is 2.41 bits per heavy atom. The number of non-ortho nitro benzene ring substituents is 1. The molecule has 0 bridgehead atoms. The van der Waals surface area contributed by atoms with Gasteiger partial charge in [-0.2, -0.15) is 0 Å². The summed E-state index contributed by atoms with van der Waals surface area (Å²) in [6.45, 7) is 10.5. The van der Waals surface area contributed by atoms with E-state index in [0.717, 1.165) is 0 Å². The number of nitro groups is 1. The number of amides is 3. The van der Waals surface area contributed by atoms with Gasteiger partial charge < -0.3 is 25.0 Å². The Bertz CT molecular complexity index is 894. The van der Waals surface area contributed by atoms with Crippen molar-refractivity contribution in [1.82, 2.24) is 15.5 Å². The Balaban J connectivity index is 2.04. The highest BCUT2D eigenvalue weighted by Gasteiger charge is 2.35. The van der Waals surface area contributed by atoms with Crippen molar-refractivity contribution in [2.24, 2.45) is 0 Å². The predicted molar refractivity (Wildman–Crippen MR) is 124 cm³/mol. The van der Waals surface area contributed by atoms with Crippen LogP contribution in [0, 0.1) is 10.1 Å². The summed E-state index contributed by atoms with van der Waals surface area (Å²) in [5.41, 5.74) is -0.202. The van der Waals surface area contributed by atoms with E-state index in [2.05, 4.69) is 10.6 Å². The number of nitrogens with one attached hydrogen (secondary N) is 2. The van der Waals surface area contributed by atoms with E-state index in [1.54, 1.807) is 17.9 Å². The Morgan fingerprint density at radius 1 is 1.18 bits per heavy atom. The Morgan fingerprint density at radius 2 is 1.82 bits per heavy atom. The number of hydrogen-bond acceptors (Lipinski definition) is 7. The van der Waals surface area contributed by atoms with Gasteiger partial charge in [-0.15, -0.1) is 0 Å². The molecule has 1 fully saturated rings. The van der Waals surface area contributed by atoms with Crippen LogP contribution in [0.5, 0.6) is 0 Å². The van der Waals surface area contributed by atoms with E-state index in [1.165, 1.54) is 25.1 Å². The van der Waals surface area contributed by atoms with Crippen molar-refractivity contribution in [2.45, 2.75) is 64.8 Å². The first kappa shape index (κ1) is 27.2. The number of nitro benzene ring substituents is 1. The normalized spacial score (nSPS) is 16.8. The highest BCUT2D eigenvalue weighted by atomic mass is 16.6. The third-order valence-electron chi connectivity index (χ3n) is 5.15. The molecule has 2 rings (SSSR count). The van der Waals surface area contributed by atoms with E-state index < -0.39 is 40.5 Å². The summed E-state index contributed by atoms with van der Waals surface area (Å²) in [6.07, 6.45) is -0.744. The third kappa shape index (κ3) is 8.38. The van der Waals surface area contributed by atoms with Gasteiger partial charge in [0.05, 0.1) is 36.3 Å². The Hall–Kier alpha value is -3.05. The molecular weight excluding hydrogens is 444 g/mol. The molecule has 3 amide bonds. The zero-order chi connectivity index (χ0) is 25.5. The lowest BCUT2D eigenvalue weighted by Gasteiger charge is -2.35. The summed E-state index contributed by atoms with van der Waals surface area (Å²) in [6, 6.07) is 3.86. The van der Waals surface area contributed by atoms with E-state index in [0.29, 0.717) is 31.9 Å². The lowest BCUT2D eigenvalue weighted by atomic mass is 10.1. The predicted octanol–water partition coefficient (Wildman–Crippen LogP) is 1.19. The van der Waals surface area contributed by atoms with Crippen molar-refractivity contribution in [1.29, 1.82) is 0 Å². The van der Waals surface area contributed by atoms with Crippen molar-refractivity contribution in [3.63, 3.8) is 0 Å². The molecule has 2 N–H and O–H groups in total. The van der Waals surface area contributed by atoms with Crippen LogP contribution < -0.4 is 10.6 Å². The molecule has 0 aliphatic carbocycles. The second-order valence-corrected chi connectivity index (χ2v) is 9.25. The van der Waals surface area contributed by atoms with Crippen LogP contribution in [0.25, 0.3) is 0 Å². The molecule has 1 aromatic rings. The van der Waals surface area contributed by atoms with Gasteiger partial charge >= 0.3 is 0 Å². The number of morpholine rings is 1. The lowest BCUT2D eigenvalue weighted by Crippen LogP contribution is -2.59. The molecule has 0 radical (unpaired) electrons. The van der Waals surface area contributed by atoms with E-state index in [1.807, 2.05) is 20.8 Å². The highest BCUT2D eigenvalue weighted by molar-refractivity contribution is 5.92. The molecule has 1 aliphatic rings. The largest absolute Gasteiger partial charge is 0.378 e. The summed E-state index contributed by atoms with van der Waals surface area (Å²) in [5, 5.41) is 16.2. The molecule has 188 valence electrons. The second kappa shape index (κ2) is 11.9. The van der Waals surface area contributed by atoms with Crippen LogP contribution in [0.2, 0.25) is 0 Å². The minimum absolute atomic E-state index is 0.117. The molecule has 0 saturated carbocycles. The first-order valence-corrected chi connectivity index (χ1v) is 11.2. The molecule has 11 nitrogen and oxygen atoms in total. The van der Waals surface area contributed by atoms with Crippen LogP contribution in [-0.2, 0) is 30.3 Å². The van der Waals surface area contributed by atoms with Crippen molar-refractivity contribution in [3.05, 3.63) is 39.9 Å². The van der Waals surface area contributed by atoms with E-state index in [9.17, 15) is 24.5 Å². The van der Waals surface area contributed by atoms with Crippen LogP contribution in [0.1, 0.15) is 40.2 Å². The fourth-order valence-electron chi connectivity index (χ4n) is 3.59. The second-order valence-electron chi connectivity index (χ2n) is 9.25. The maximum Gasteiger partial charge on any atom is 0.269 e. The molecule has 34 heavy (non-hydrogen) atoms. The van der Waals surface area contributed by atoms with Crippen LogP contribution in [0.4, 0.5) is 5.69 Å². The van der Waals surface area contributed by atoms with Crippen molar-refractivity contribution in [3.8, 4) is 0 Å². The number of hydrogen-bond donors (Lipinski definition) is 2. The lowest BCUT2D eigenvalue weighted by molar-refractivity contribution is -0.384. The minimum Gasteiger partial charge on any atom is -0.378 e. The zero-order valence-electron chi connectivity index (χ0n) is 20.3. The van der Waals surface area contributed by atoms with Gasteiger partial charge in [-0.3, -0.25) is 24.5 Å². The number of benzene rings is 1. The van der Waals surface area contributed by atoms with Gasteiger partial charge in [0.25, 0.3) is 5.69 Å². The number of rotatable bonds is 9. The summed E-state index contributed by atoms with van der Waals surface area (Å²) in [7, 11) is 0. The standard InChI is InChI=1S/C23H34N4O7/c1-15(24-19(28)14-17-7-6-8-18(13-17)27(31)32)21(29)25-20(16(2)34-23(3,4)5)22(30)26-9-11-33-12-10-26/h6-8,13,15-16,20H,9-12,14H2,1-5H3,(H,24,28)(H,25,29)/t15-,16?,20-/m0/s1. The average Bonchev–Trinajstić information content (AvgIpc) is 2.76. The number of ether oxygens (including phenoxy) is 2. The zero-order valence-corrected chi connectivity index (χ0v) is 20.3. The maximum atomic E-state index is 13.2. The van der Waals surface area contributed by atoms with Crippen molar-refractivity contribution in [2.75, 3.05) is 26.3 Å². The molecular formula is C23H34N4O7. The molecule has 1 unspecified atom stereocenters. The fraction of sp³-hybridized carbons (Fsp3) is 0.609. The summed E-state index contributed by atoms with van der Waals surface area (Å²) in [4.78, 5) is 50.5. The van der Waals surface area contributed by atoms with E-state index in [4.69, 9.17) is 9.47 Å². The van der Waals surface area contributed by atoms with E-state index >= 15 is 0 Å². The quantitative estimate of drug-likeness (QED) is 0.401. The van der Waals surface area contributed by atoms with Gasteiger partial charge in [0, 0.05) is 25.2 Å². The molecule has 1 saturated heterocycles. The minimum atomic E-state index is -0.944. The number of carbonyl (C=O) groups excluding carboxylic acids is 3. The van der Waals surface area contributed by atoms with Gasteiger partial charge in [-0.25, -0.2) is 0 Å². The third-order valence-corrected chi connectivity index (χ3v) is 5.15. The maximum absolute atomic E-state index is 13.2.